The van der Waals surface area contributed by atoms with E-state index in [1.54, 1.807) is 0 Å². The maximum absolute atomic E-state index is 3.95. The lowest BCUT2D eigenvalue weighted by molar-refractivity contribution is 0.0748. The van der Waals surface area contributed by atoms with Gasteiger partial charge in [-0.2, -0.15) is 0 Å². The molecule has 2 unspecified atom stereocenters. The molecule has 0 radical (unpaired) electrons. The molecule has 0 aromatic rings. The van der Waals surface area contributed by atoms with Crippen molar-refractivity contribution >= 4 is 0 Å². The van der Waals surface area contributed by atoms with Gasteiger partial charge in [0.05, 0.1) is 0 Å². The van der Waals surface area contributed by atoms with E-state index in [0.717, 1.165) is 23.9 Å². The molecule has 122 valence electrons. The summed E-state index contributed by atoms with van der Waals surface area (Å²) in [5.41, 5.74) is 0.472. The van der Waals surface area contributed by atoms with Crippen LogP contribution in [0, 0.1) is 17.3 Å². The zero-order valence-electron chi connectivity index (χ0n) is 14.5. The molecule has 3 fully saturated rings. The number of nitrogens with one attached hydrogen (secondary N) is 1. The third-order valence-corrected chi connectivity index (χ3v) is 6.02. The zero-order valence-corrected chi connectivity index (χ0v) is 14.5. The van der Waals surface area contributed by atoms with E-state index in [1.807, 2.05) is 0 Å². The smallest absolute Gasteiger partial charge is 0.0249 e. The highest BCUT2D eigenvalue weighted by molar-refractivity contribution is 4.97. The van der Waals surface area contributed by atoms with Crippen molar-refractivity contribution in [1.29, 1.82) is 0 Å². The lowest BCUT2D eigenvalue weighted by Gasteiger charge is -2.45. The standard InChI is InChI=1S/C19H36N2/c1-19(2,3)11-12-21-14-17(15-7-5-4-6-8-15)20-13-18(21)16-9-10-16/h15-18,20H,4-14H2,1-3H3. The van der Waals surface area contributed by atoms with E-state index in [4.69, 9.17) is 0 Å². The highest BCUT2D eigenvalue weighted by Crippen LogP contribution is 2.38. The summed E-state index contributed by atoms with van der Waals surface area (Å²) in [5, 5.41) is 3.95. The topological polar surface area (TPSA) is 15.3 Å². The second-order valence-electron chi connectivity index (χ2n) is 9.12. The first-order valence-corrected chi connectivity index (χ1v) is 9.50. The van der Waals surface area contributed by atoms with Crippen LogP contribution in [0.5, 0.6) is 0 Å². The minimum atomic E-state index is 0.472. The van der Waals surface area contributed by atoms with Gasteiger partial charge in [0.25, 0.3) is 0 Å². The van der Waals surface area contributed by atoms with Gasteiger partial charge in [0, 0.05) is 25.2 Å². The van der Waals surface area contributed by atoms with E-state index < -0.39 is 0 Å². The van der Waals surface area contributed by atoms with Crippen molar-refractivity contribution in [3.63, 3.8) is 0 Å². The maximum atomic E-state index is 3.95. The van der Waals surface area contributed by atoms with Crippen LogP contribution in [0.1, 0.15) is 72.1 Å². The Morgan fingerprint density at radius 2 is 1.67 bits per heavy atom. The molecule has 3 rings (SSSR count). The van der Waals surface area contributed by atoms with Crippen LogP contribution in [0.4, 0.5) is 0 Å². The third-order valence-electron chi connectivity index (χ3n) is 6.02. The second kappa shape index (κ2) is 6.58. The van der Waals surface area contributed by atoms with Gasteiger partial charge in [-0.3, -0.25) is 4.90 Å². The molecule has 0 amide bonds. The molecule has 1 saturated heterocycles. The van der Waals surface area contributed by atoms with E-state index in [2.05, 4.69) is 31.0 Å². The van der Waals surface area contributed by atoms with Crippen molar-refractivity contribution in [2.75, 3.05) is 19.6 Å². The molecule has 2 heteroatoms. The first kappa shape index (κ1) is 15.8. The van der Waals surface area contributed by atoms with Gasteiger partial charge in [-0.25, -0.2) is 0 Å². The normalized spacial score (nSPS) is 33.3. The Hall–Kier alpha value is -0.0800. The Morgan fingerprint density at radius 3 is 2.29 bits per heavy atom. The lowest BCUT2D eigenvalue weighted by Crippen LogP contribution is -2.59. The molecule has 2 aliphatic carbocycles. The van der Waals surface area contributed by atoms with Crippen LogP contribution in [0.2, 0.25) is 0 Å². The van der Waals surface area contributed by atoms with Gasteiger partial charge < -0.3 is 5.32 Å². The predicted molar refractivity (Wildman–Crippen MR) is 90.5 cm³/mol. The molecule has 0 aromatic carbocycles. The van der Waals surface area contributed by atoms with Crippen molar-refractivity contribution in [3.05, 3.63) is 0 Å². The molecule has 2 saturated carbocycles. The first-order valence-electron chi connectivity index (χ1n) is 9.50. The van der Waals surface area contributed by atoms with E-state index >= 15 is 0 Å². The molecule has 2 atom stereocenters. The fourth-order valence-corrected chi connectivity index (χ4v) is 4.39. The van der Waals surface area contributed by atoms with Crippen molar-refractivity contribution in [3.8, 4) is 0 Å². The summed E-state index contributed by atoms with van der Waals surface area (Å²) >= 11 is 0. The van der Waals surface area contributed by atoms with Gasteiger partial charge in [0.1, 0.15) is 0 Å². The Kier molecular flexibility index (Phi) is 4.95. The average molecular weight is 293 g/mol. The molecule has 0 aromatic heterocycles. The van der Waals surface area contributed by atoms with Crippen molar-refractivity contribution in [1.82, 2.24) is 10.2 Å². The van der Waals surface area contributed by atoms with Gasteiger partial charge in [0.15, 0.2) is 0 Å². The van der Waals surface area contributed by atoms with Gasteiger partial charge in [-0.15, -0.1) is 0 Å². The molecule has 2 nitrogen and oxygen atoms in total. The average Bonchev–Trinajstić information content (AvgIpc) is 3.29. The van der Waals surface area contributed by atoms with Crippen LogP contribution < -0.4 is 5.32 Å². The van der Waals surface area contributed by atoms with Gasteiger partial charge in [-0.1, -0.05) is 40.0 Å². The largest absolute Gasteiger partial charge is 0.311 e. The Balaban J connectivity index is 1.57. The molecule has 1 N–H and O–H groups in total. The summed E-state index contributed by atoms with van der Waals surface area (Å²) in [4.78, 5) is 2.87. The lowest BCUT2D eigenvalue weighted by atomic mass is 9.82. The molecule has 1 heterocycles. The number of hydrogen-bond donors (Lipinski definition) is 1. The van der Waals surface area contributed by atoms with Crippen LogP contribution >= 0.6 is 0 Å². The summed E-state index contributed by atoms with van der Waals surface area (Å²) in [5.74, 6) is 1.96. The van der Waals surface area contributed by atoms with Crippen LogP contribution in [-0.2, 0) is 0 Å². The summed E-state index contributed by atoms with van der Waals surface area (Å²) in [6, 6.07) is 1.62. The fourth-order valence-electron chi connectivity index (χ4n) is 4.39. The molecule has 0 spiro atoms. The molecule has 3 aliphatic rings. The maximum Gasteiger partial charge on any atom is 0.0249 e. The zero-order chi connectivity index (χ0) is 14.9. The Labute approximate surface area is 132 Å². The van der Waals surface area contributed by atoms with Crippen molar-refractivity contribution < 1.29 is 0 Å². The SMILES string of the molecule is CC(C)(C)CCN1CC(C2CCCCC2)NCC1C1CC1. The Morgan fingerprint density at radius 1 is 0.952 bits per heavy atom. The van der Waals surface area contributed by atoms with E-state index in [-0.39, 0.29) is 0 Å². The first-order chi connectivity index (χ1) is 10.0. The van der Waals surface area contributed by atoms with E-state index in [1.165, 1.54) is 71.0 Å². The fraction of sp³-hybridized carbons (Fsp3) is 1.00. The van der Waals surface area contributed by atoms with Crippen molar-refractivity contribution in [2.24, 2.45) is 17.3 Å². The number of hydrogen-bond acceptors (Lipinski definition) is 2. The van der Waals surface area contributed by atoms with Crippen LogP contribution in [0.15, 0.2) is 0 Å². The summed E-state index contributed by atoms with van der Waals surface area (Å²) in [7, 11) is 0. The summed E-state index contributed by atoms with van der Waals surface area (Å²) in [6.07, 6.45) is 11.7. The number of rotatable bonds is 4. The highest BCUT2D eigenvalue weighted by atomic mass is 15.2. The highest BCUT2D eigenvalue weighted by Gasteiger charge is 2.40. The minimum absolute atomic E-state index is 0.472. The van der Waals surface area contributed by atoms with Gasteiger partial charge in [0.2, 0.25) is 0 Å². The van der Waals surface area contributed by atoms with Crippen LogP contribution in [-0.4, -0.2) is 36.6 Å². The predicted octanol–water partition coefficient (Wildman–Crippen LogP) is 4.06. The summed E-state index contributed by atoms with van der Waals surface area (Å²) in [6.45, 7) is 11.1. The van der Waals surface area contributed by atoms with Crippen molar-refractivity contribution in [2.45, 2.75) is 84.2 Å². The molecule has 21 heavy (non-hydrogen) atoms. The number of nitrogens with zero attached hydrogens (tertiary/aromatic N) is 1. The summed E-state index contributed by atoms with van der Waals surface area (Å²) < 4.78 is 0. The monoisotopic (exact) mass is 292 g/mol. The van der Waals surface area contributed by atoms with E-state index in [9.17, 15) is 0 Å². The second-order valence-corrected chi connectivity index (χ2v) is 9.12. The van der Waals surface area contributed by atoms with Crippen LogP contribution in [0.25, 0.3) is 0 Å². The minimum Gasteiger partial charge on any atom is -0.311 e. The molecule has 0 bridgehead atoms. The number of piperazine rings is 1. The molecular formula is C19H36N2. The van der Waals surface area contributed by atoms with Crippen LogP contribution in [0.3, 0.4) is 0 Å². The molecule has 1 aliphatic heterocycles. The van der Waals surface area contributed by atoms with E-state index in [0.29, 0.717) is 5.41 Å². The Bertz CT molecular complexity index is 323. The van der Waals surface area contributed by atoms with Gasteiger partial charge in [-0.05, 0) is 55.9 Å². The van der Waals surface area contributed by atoms with Gasteiger partial charge >= 0.3 is 0 Å². The molecular weight excluding hydrogens is 256 g/mol. The quantitative estimate of drug-likeness (QED) is 0.841. The third kappa shape index (κ3) is 4.45.